The smallest absolute Gasteiger partial charge is 0.334 e. The van der Waals surface area contributed by atoms with Crippen LogP contribution in [-0.2, 0) is 14.4 Å². The van der Waals surface area contributed by atoms with E-state index in [0.717, 1.165) is 4.90 Å². The topological polar surface area (TPSA) is 153 Å². The van der Waals surface area contributed by atoms with Crippen LogP contribution < -0.4 is 10.6 Å². The lowest BCUT2D eigenvalue weighted by Crippen LogP contribution is -2.54. The molecule has 0 saturated carbocycles. The maximum Gasteiger partial charge on any atom is 0.334 e. The van der Waals surface area contributed by atoms with Gasteiger partial charge in [0.1, 0.15) is 6.04 Å². The van der Waals surface area contributed by atoms with E-state index in [0.29, 0.717) is 0 Å². The van der Waals surface area contributed by atoms with Gasteiger partial charge in [0.15, 0.2) is 6.10 Å². The molecule has 1 fully saturated rings. The average molecular weight is 361 g/mol. The number of imide groups is 2. The van der Waals surface area contributed by atoms with Crippen molar-refractivity contribution in [3.05, 3.63) is 29.3 Å². The third kappa shape index (κ3) is 2.90. The molecule has 136 valence electrons. The lowest BCUT2D eigenvalue weighted by molar-refractivity contribution is -0.145. The molecule has 2 unspecified atom stereocenters. The zero-order valence-corrected chi connectivity index (χ0v) is 13.4. The summed E-state index contributed by atoms with van der Waals surface area (Å²) in [6.07, 6.45) is -1.64. The number of hydrogen-bond donors (Lipinski definition) is 4. The van der Waals surface area contributed by atoms with Gasteiger partial charge < -0.3 is 15.5 Å². The molecule has 3 rings (SSSR count). The monoisotopic (exact) mass is 361 g/mol. The van der Waals surface area contributed by atoms with Gasteiger partial charge in [-0.15, -0.1) is 0 Å². The van der Waals surface area contributed by atoms with Gasteiger partial charge in [-0.1, -0.05) is 6.07 Å². The summed E-state index contributed by atoms with van der Waals surface area (Å²) >= 11 is 0. The van der Waals surface area contributed by atoms with Gasteiger partial charge in [-0.2, -0.15) is 0 Å². The fourth-order valence-corrected chi connectivity index (χ4v) is 2.96. The zero-order chi connectivity index (χ0) is 19.0. The van der Waals surface area contributed by atoms with Gasteiger partial charge in [0.2, 0.25) is 11.8 Å². The Morgan fingerprint density at radius 1 is 1.27 bits per heavy atom. The molecule has 2 heterocycles. The van der Waals surface area contributed by atoms with E-state index in [9.17, 15) is 29.1 Å². The largest absolute Gasteiger partial charge is 0.479 e. The lowest BCUT2D eigenvalue weighted by atomic mass is 10.0. The minimum absolute atomic E-state index is 0.000196. The van der Waals surface area contributed by atoms with Crippen LogP contribution in [0.1, 0.15) is 33.6 Å². The molecule has 10 heteroatoms. The Labute approximate surface area is 146 Å². The summed E-state index contributed by atoms with van der Waals surface area (Å²) in [4.78, 5) is 60.2. The SMILES string of the molecule is O=C1CCC(N2C(=O)c3cccc(NCC(O)C(=O)O)c3C2=O)C(=O)N1. The molecular formula is C16H15N3O7. The molecule has 0 aromatic heterocycles. The zero-order valence-electron chi connectivity index (χ0n) is 13.4. The van der Waals surface area contributed by atoms with E-state index in [1.807, 2.05) is 0 Å². The number of aliphatic hydroxyl groups excluding tert-OH is 1. The molecule has 4 N–H and O–H groups in total. The van der Waals surface area contributed by atoms with Crippen LogP contribution in [0.25, 0.3) is 0 Å². The molecule has 1 saturated heterocycles. The highest BCUT2D eigenvalue weighted by molar-refractivity contribution is 6.25. The minimum atomic E-state index is -1.69. The molecule has 2 atom stereocenters. The van der Waals surface area contributed by atoms with Crippen molar-refractivity contribution < 1.29 is 34.2 Å². The summed E-state index contributed by atoms with van der Waals surface area (Å²) in [5, 5.41) is 22.8. The van der Waals surface area contributed by atoms with Crippen LogP contribution in [-0.4, -0.2) is 63.4 Å². The lowest BCUT2D eigenvalue weighted by Gasteiger charge is -2.27. The van der Waals surface area contributed by atoms with E-state index in [2.05, 4.69) is 10.6 Å². The number of hydrogen-bond acceptors (Lipinski definition) is 7. The molecule has 2 aliphatic rings. The summed E-state index contributed by atoms with van der Waals surface area (Å²) in [7, 11) is 0. The number of anilines is 1. The first-order valence-electron chi connectivity index (χ1n) is 7.80. The molecule has 1 aromatic rings. The maximum absolute atomic E-state index is 12.8. The number of aliphatic carboxylic acids is 1. The van der Waals surface area contributed by atoms with E-state index in [-0.39, 0.29) is 36.2 Å². The standard InChI is InChI=1S/C16H15N3O7/c20-10(16(25)26)6-17-8-3-1-2-7-12(8)15(24)19(14(7)23)9-4-5-11(21)18-13(9)22/h1-3,9-10,17,20H,4-6H2,(H,25,26)(H,18,21,22). The van der Waals surface area contributed by atoms with Gasteiger partial charge in [-0.05, 0) is 18.6 Å². The van der Waals surface area contributed by atoms with Gasteiger partial charge in [0, 0.05) is 12.1 Å². The highest BCUT2D eigenvalue weighted by Crippen LogP contribution is 2.32. The highest BCUT2D eigenvalue weighted by atomic mass is 16.4. The number of carboxylic acid groups (broad SMARTS) is 1. The van der Waals surface area contributed by atoms with Crippen LogP contribution in [0.15, 0.2) is 18.2 Å². The molecule has 0 spiro atoms. The van der Waals surface area contributed by atoms with Gasteiger partial charge in [-0.3, -0.25) is 29.4 Å². The fourth-order valence-electron chi connectivity index (χ4n) is 2.96. The summed E-state index contributed by atoms with van der Waals surface area (Å²) < 4.78 is 0. The number of benzene rings is 1. The van der Waals surface area contributed by atoms with E-state index < -0.39 is 41.7 Å². The van der Waals surface area contributed by atoms with Crippen molar-refractivity contribution in [2.75, 3.05) is 11.9 Å². The Morgan fingerprint density at radius 3 is 2.65 bits per heavy atom. The first-order chi connectivity index (χ1) is 12.3. The molecule has 1 aromatic carbocycles. The number of carbonyl (C=O) groups excluding carboxylic acids is 4. The third-order valence-electron chi connectivity index (χ3n) is 4.24. The predicted octanol–water partition coefficient (Wildman–Crippen LogP) is -1.05. The highest BCUT2D eigenvalue weighted by Gasteiger charge is 2.45. The number of piperidine rings is 1. The van der Waals surface area contributed by atoms with E-state index in [1.54, 1.807) is 0 Å². The number of carboxylic acids is 1. The van der Waals surface area contributed by atoms with Crippen molar-refractivity contribution in [2.24, 2.45) is 0 Å². The molecule has 0 aliphatic carbocycles. The third-order valence-corrected chi connectivity index (χ3v) is 4.24. The molecule has 10 nitrogen and oxygen atoms in total. The van der Waals surface area contributed by atoms with Gasteiger partial charge >= 0.3 is 5.97 Å². The number of nitrogens with zero attached hydrogens (tertiary/aromatic N) is 1. The van der Waals surface area contributed by atoms with Gasteiger partial charge in [0.05, 0.1) is 17.7 Å². The Kier molecular flexibility index (Phi) is 4.43. The maximum atomic E-state index is 12.8. The second kappa shape index (κ2) is 6.56. The number of aliphatic hydroxyl groups is 1. The molecule has 4 amide bonds. The fraction of sp³-hybridized carbons (Fsp3) is 0.312. The van der Waals surface area contributed by atoms with Crippen molar-refractivity contribution in [3.63, 3.8) is 0 Å². The van der Waals surface area contributed by atoms with Gasteiger partial charge in [-0.25, -0.2) is 4.79 Å². The van der Waals surface area contributed by atoms with Crippen LogP contribution in [0.2, 0.25) is 0 Å². The van der Waals surface area contributed by atoms with Crippen LogP contribution in [0.4, 0.5) is 5.69 Å². The molecule has 26 heavy (non-hydrogen) atoms. The summed E-state index contributed by atoms with van der Waals surface area (Å²) in [5.74, 6) is -3.99. The first kappa shape index (κ1) is 17.5. The normalized spacial score (nSPS) is 20.7. The second-order valence-corrected chi connectivity index (χ2v) is 5.91. The summed E-state index contributed by atoms with van der Waals surface area (Å²) in [6.45, 7) is -0.369. The molecule has 2 aliphatic heterocycles. The van der Waals surface area contributed by atoms with E-state index in [4.69, 9.17) is 5.11 Å². The number of amides is 4. The summed E-state index contributed by atoms with van der Waals surface area (Å²) in [6, 6.07) is 3.29. The van der Waals surface area contributed by atoms with Crippen molar-refractivity contribution in [1.82, 2.24) is 10.2 Å². The minimum Gasteiger partial charge on any atom is -0.479 e. The Bertz CT molecular complexity index is 835. The first-order valence-corrected chi connectivity index (χ1v) is 7.80. The van der Waals surface area contributed by atoms with Gasteiger partial charge in [0.25, 0.3) is 11.8 Å². The quantitative estimate of drug-likeness (QED) is 0.484. The van der Waals surface area contributed by atoms with Crippen molar-refractivity contribution in [3.8, 4) is 0 Å². The summed E-state index contributed by atoms with van der Waals surface area (Å²) in [5.41, 5.74) is 0.241. The molecular weight excluding hydrogens is 346 g/mol. The average Bonchev–Trinajstić information content (AvgIpc) is 2.85. The Hall–Kier alpha value is -3.27. The molecule has 0 radical (unpaired) electrons. The van der Waals surface area contributed by atoms with E-state index in [1.165, 1.54) is 18.2 Å². The number of nitrogens with one attached hydrogen (secondary N) is 2. The second-order valence-electron chi connectivity index (χ2n) is 5.91. The Balaban J connectivity index is 1.88. The van der Waals surface area contributed by atoms with Crippen LogP contribution in [0.5, 0.6) is 0 Å². The number of fused-ring (bicyclic) bond motifs is 1. The Morgan fingerprint density at radius 2 is 2.00 bits per heavy atom. The van der Waals surface area contributed by atoms with Crippen LogP contribution >= 0.6 is 0 Å². The van der Waals surface area contributed by atoms with E-state index >= 15 is 0 Å². The van der Waals surface area contributed by atoms with Crippen molar-refractivity contribution in [1.29, 1.82) is 0 Å². The predicted molar refractivity (Wildman–Crippen MR) is 85.2 cm³/mol. The van der Waals surface area contributed by atoms with Crippen molar-refractivity contribution in [2.45, 2.75) is 25.0 Å². The molecule has 0 bridgehead atoms. The number of rotatable bonds is 5. The van der Waals surface area contributed by atoms with Crippen LogP contribution in [0.3, 0.4) is 0 Å². The number of carbonyl (C=O) groups is 5. The van der Waals surface area contributed by atoms with Crippen molar-refractivity contribution >= 4 is 35.3 Å². The van der Waals surface area contributed by atoms with Crippen LogP contribution in [0, 0.1) is 0 Å².